The molecule has 18 heavy (non-hydrogen) atoms. The molecule has 3 nitrogen and oxygen atoms in total. The molecule has 1 atom stereocenters. The monoisotopic (exact) mass is 251 g/mol. The van der Waals surface area contributed by atoms with Crippen molar-refractivity contribution in [2.75, 3.05) is 24.6 Å². The zero-order chi connectivity index (χ0) is 13.1. The molecule has 1 aliphatic heterocycles. The molecule has 0 fully saturated rings. The Balaban J connectivity index is 2.05. The van der Waals surface area contributed by atoms with Gasteiger partial charge in [0.2, 0.25) is 0 Å². The second-order valence-electron chi connectivity index (χ2n) is 4.62. The molecule has 0 saturated heterocycles. The summed E-state index contributed by atoms with van der Waals surface area (Å²) in [6.07, 6.45) is 0.908. The molecule has 2 rings (SSSR count). The number of carbonyl (C=O) groups excluding carboxylic acids is 1. The molecule has 4 heteroatoms. The molecule has 1 aliphatic rings. The highest BCUT2D eigenvalue weighted by molar-refractivity contribution is 5.73. The molecule has 1 heterocycles. The number of hydrogen-bond donors (Lipinski definition) is 0. The molecule has 0 bridgehead atoms. The van der Waals surface area contributed by atoms with Gasteiger partial charge in [0.1, 0.15) is 5.82 Å². The predicted molar refractivity (Wildman–Crippen MR) is 68.1 cm³/mol. The van der Waals surface area contributed by atoms with Crippen LogP contribution in [0, 0.1) is 11.7 Å². The fourth-order valence-corrected chi connectivity index (χ4v) is 2.30. The largest absolute Gasteiger partial charge is 0.466 e. The fraction of sp³-hybridized carbons (Fsp3) is 0.500. The van der Waals surface area contributed by atoms with E-state index in [2.05, 4.69) is 4.90 Å². The number of rotatable bonds is 4. The Morgan fingerprint density at radius 2 is 2.33 bits per heavy atom. The van der Waals surface area contributed by atoms with Gasteiger partial charge in [-0.25, -0.2) is 4.39 Å². The van der Waals surface area contributed by atoms with Crippen LogP contribution >= 0.6 is 0 Å². The number of halogens is 1. The Hall–Kier alpha value is -1.58. The number of hydrogen-bond acceptors (Lipinski definition) is 3. The van der Waals surface area contributed by atoms with Crippen LogP contribution in [0.5, 0.6) is 0 Å². The highest BCUT2D eigenvalue weighted by Crippen LogP contribution is 2.29. The van der Waals surface area contributed by atoms with Crippen LogP contribution in [0.15, 0.2) is 18.2 Å². The molecule has 98 valence electrons. The molecular weight excluding hydrogens is 233 g/mol. The second-order valence-corrected chi connectivity index (χ2v) is 4.62. The molecule has 1 unspecified atom stereocenters. The third kappa shape index (κ3) is 2.63. The number of anilines is 1. The summed E-state index contributed by atoms with van der Waals surface area (Å²) >= 11 is 0. The Labute approximate surface area is 107 Å². The van der Waals surface area contributed by atoms with E-state index in [4.69, 9.17) is 4.74 Å². The van der Waals surface area contributed by atoms with Gasteiger partial charge in [0.25, 0.3) is 0 Å². The minimum atomic E-state index is -0.232. The molecule has 0 amide bonds. The van der Waals surface area contributed by atoms with Gasteiger partial charge < -0.3 is 9.64 Å². The van der Waals surface area contributed by atoms with Crippen LogP contribution in [-0.4, -0.2) is 25.7 Å². The summed E-state index contributed by atoms with van der Waals surface area (Å²) in [5.41, 5.74) is 2.05. The van der Waals surface area contributed by atoms with Crippen molar-refractivity contribution in [2.45, 2.75) is 20.3 Å². The zero-order valence-electron chi connectivity index (χ0n) is 10.8. The average Bonchev–Trinajstić information content (AvgIpc) is 2.72. The van der Waals surface area contributed by atoms with E-state index >= 15 is 0 Å². The summed E-state index contributed by atoms with van der Waals surface area (Å²) in [5.74, 6) is -0.619. The molecule has 0 radical (unpaired) electrons. The normalized spacial score (nSPS) is 15.4. The van der Waals surface area contributed by atoms with Crippen LogP contribution in [0.2, 0.25) is 0 Å². The molecule has 0 aliphatic carbocycles. The van der Waals surface area contributed by atoms with Crippen molar-refractivity contribution in [1.29, 1.82) is 0 Å². The van der Waals surface area contributed by atoms with Crippen LogP contribution in [0.4, 0.5) is 10.1 Å². The van der Waals surface area contributed by atoms with Crippen molar-refractivity contribution < 1.29 is 13.9 Å². The number of fused-ring (bicyclic) bond motifs is 1. The van der Waals surface area contributed by atoms with Crippen molar-refractivity contribution in [3.63, 3.8) is 0 Å². The summed E-state index contributed by atoms with van der Waals surface area (Å²) in [6.45, 7) is 5.45. The van der Waals surface area contributed by atoms with Crippen LogP contribution < -0.4 is 4.90 Å². The third-order valence-electron chi connectivity index (χ3n) is 3.22. The van der Waals surface area contributed by atoms with Crippen molar-refractivity contribution in [2.24, 2.45) is 5.92 Å². The fourth-order valence-electron chi connectivity index (χ4n) is 2.30. The van der Waals surface area contributed by atoms with Gasteiger partial charge in [-0.3, -0.25) is 4.79 Å². The first-order valence-corrected chi connectivity index (χ1v) is 6.31. The SMILES string of the molecule is CCOC(=O)C(C)CN1CCc2ccc(F)cc21. The summed E-state index contributed by atoms with van der Waals surface area (Å²) in [6, 6.07) is 4.84. The first kappa shape index (κ1) is 12.9. The van der Waals surface area contributed by atoms with Crippen LogP contribution in [0.3, 0.4) is 0 Å². The topological polar surface area (TPSA) is 29.5 Å². The molecule has 1 aromatic rings. The number of carbonyl (C=O) groups is 1. The van der Waals surface area contributed by atoms with E-state index in [1.54, 1.807) is 13.0 Å². The summed E-state index contributed by atoms with van der Waals surface area (Å²) in [5, 5.41) is 0. The Morgan fingerprint density at radius 1 is 1.56 bits per heavy atom. The zero-order valence-corrected chi connectivity index (χ0v) is 10.8. The quantitative estimate of drug-likeness (QED) is 0.769. The minimum absolute atomic E-state index is 0.192. The molecule has 0 saturated carbocycles. The molecular formula is C14H18FNO2. The molecule has 1 aromatic carbocycles. The lowest BCUT2D eigenvalue weighted by molar-refractivity contribution is -0.147. The summed E-state index contributed by atoms with van der Waals surface area (Å²) < 4.78 is 18.2. The predicted octanol–water partition coefficient (Wildman–Crippen LogP) is 2.39. The van der Waals surface area contributed by atoms with Gasteiger partial charge in [0.05, 0.1) is 12.5 Å². The van der Waals surface area contributed by atoms with Gasteiger partial charge in [0.15, 0.2) is 0 Å². The van der Waals surface area contributed by atoms with Gasteiger partial charge in [-0.15, -0.1) is 0 Å². The van der Waals surface area contributed by atoms with Crippen LogP contribution in [0.1, 0.15) is 19.4 Å². The highest BCUT2D eigenvalue weighted by atomic mass is 19.1. The number of esters is 1. The lowest BCUT2D eigenvalue weighted by Crippen LogP contribution is -2.31. The molecule has 0 N–H and O–H groups in total. The Bertz CT molecular complexity index is 447. The highest BCUT2D eigenvalue weighted by Gasteiger charge is 2.24. The number of nitrogens with zero attached hydrogens (tertiary/aromatic N) is 1. The summed E-state index contributed by atoms with van der Waals surface area (Å²) in [7, 11) is 0. The average molecular weight is 251 g/mol. The summed E-state index contributed by atoms with van der Waals surface area (Å²) in [4.78, 5) is 13.6. The van der Waals surface area contributed by atoms with E-state index in [0.717, 1.165) is 24.2 Å². The van der Waals surface area contributed by atoms with Crippen molar-refractivity contribution in [3.05, 3.63) is 29.6 Å². The molecule has 0 aromatic heterocycles. The van der Waals surface area contributed by atoms with Gasteiger partial charge in [-0.2, -0.15) is 0 Å². The van der Waals surface area contributed by atoms with E-state index in [1.807, 2.05) is 13.0 Å². The lowest BCUT2D eigenvalue weighted by Gasteiger charge is -2.22. The first-order chi connectivity index (χ1) is 8.61. The van der Waals surface area contributed by atoms with Gasteiger partial charge in [-0.05, 0) is 31.0 Å². The second kappa shape index (κ2) is 5.38. The van der Waals surface area contributed by atoms with Crippen molar-refractivity contribution >= 4 is 11.7 Å². The van der Waals surface area contributed by atoms with Crippen LogP contribution in [0.25, 0.3) is 0 Å². The van der Waals surface area contributed by atoms with E-state index in [0.29, 0.717) is 13.2 Å². The van der Waals surface area contributed by atoms with E-state index < -0.39 is 0 Å². The number of ether oxygens (including phenoxy) is 1. The van der Waals surface area contributed by atoms with Gasteiger partial charge in [0, 0.05) is 18.8 Å². The van der Waals surface area contributed by atoms with Gasteiger partial charge >= 0.3 is 5.97 Å². The Kier molecular flexibility index (Phi) is 3.84. The molecule has 0 spiro atoms. The van der Waals surface area contributed by atoms with Gasteiger partial charge in [-0.1, -0.05) is 13.0 Å². The van der Waals surface area contributed by atoms with E-state index in [9.17, 15) is 9.18 Å². The first-order valence-electron chi connectivity index (χ1n) is 6.31. The smallest absolute Gasteiger partial charge is 0.310 e. The maximum Gasteiger partial charge on any atom is 0.310 e. The van der Waals surface area contributed by atoms with E-state index in [-0.39, 0.29) is 17.7 Å². The third-order valence-corrected chi connectivity index (χ3v) is 3.22. The lowest BCUT2D eigenvalue weighted by atomic mass is 10.1. The van der Waals surface area contributed by atoms with Crippen molar-refractivity contribution in [1.82, 2.24) is 0 Å². The minimum Gasteiger partial charge on any atom is -0.466 e. The maximum absolute atomic E-state index is 13.2. The number of benzene rings is 1. The van der Waals surface area contributed by atoms with Crippen molar-refractivity contribution in [3.8, 4) is 0 Å². The Morgan fingerprint density at radius 3 is 3.06 bits per heavy atom. The van der Waals surface area contributed by atoms with Crippen LogP contribution in [-0.2, 0) is 16.0 Å². The maximum atomic E-state index is 13.2. The van der Waals surface area contributed by atoms with E-state index in [1.165, 1.54) is 6.07 Å². The standard InChI is InChI=1S/C14H18FNO2/c1-3-18-14(17)10(2)9-16-7-6-11-4-5-12(15)8-13(11)16/h4-5,8,10H,3,6-7,9H2,1-2H3.